The Hall–Kier alpha value is -2.10. The molecule has 1 aromatic carbocycles. The van der Waals surface area contributed by atoms with Crippen molar-refractivity contribution in [1.29, 1.82) is 0 Å². The highest BCUT2D eigenvalue weighted by Crippen LogP contribution is 2.20. The molecule has 0 atom stereocenters. The molecule has 94 valence electrons. The number of hydrogen-bond acceptors (Lipinski definition) is 3. The van der Waals surface area contributed by atoms with Gasteiger partial charge in [-0.25, -0.2) is 4.68 Å². The van der Waals surface area contributed by atoms with E-state index in [-0.39, 0.29) is 5.92 Å². The average Bonchev–Trinajstić information content (AvgIpc) is 2.83. The molecular weight excluding hydrogens is 228 g/mol. The molecule has 1 heterocycles. The number of benzene rings is 1. The Kier molecular flexibility index (Phi) is 3.46. The molecule has 0 radical (unpaired) electrons. The number of aldehydes is 1. The first kappa shape index (κ1) is 12.4. The van der Waals surface area contributed by atoms with Gasteiger partial charge in [0.2, 0.25) is 0 Å². The molecule has 0 unspecified atom stereocenters. The van der Waals surface area contributed by atoms with Gasteiger partial charge in [0.1, 0.15) is 5.75 Å². The number of hydrogen-bond donors (Lipinski definition) is 0. The van der Waals surface area contributed by atoms with Crippen LogP contribution in [0.1, 0.15) is 35.8 Å². The summed E-state index contributed by atoms with van der Waals surface area (Å²) in [5.74, 6) is 0.985. The van der Waals surface area contributed by atoms with Crippen molar-refractivity contribution >= 4 is 6.29 Å². The van der Waals surface area contributed by atoms with Gasteiger partial charge >= 0.3 is 0 Å². The summed E-state index contributed by atoms with van der Waals surface area (Å²) in [5.41, 5.74) is 2.32. The van der Waals surface area contributed by atoms with Gasteiger partial charge in [0.05, 0.1) is 24.1 Å². The molecule has 0 spiro atoms. The molecule has 0 fully saturated rings. The molecule has 0 aliphatic carbocycles. The highest BCUT2D eigenvalue weighted by atomic mass is 16.5. The monoisotopic (exact) mass is 244 g/mol. The highest BCUT2D eigenvalue weighted by molar-refractivity contribution is 5.76. The Bertz CT molecular complexity index is 559. The van der Waals surface area contributed by atoms with Crippen molar-refractivity contribution in [3.8, 4) is 11.4 Å². The van der Waals surface area contributed by atoms with Gasteiger partial charge in [-0.2, -0.15) is 5.10 Å². The normalized spacial score (nSPS) is 10.7. The molecule has 0 amide bonds. The molecule has 0 saturated carbocycles. The van der Waals surface area contributed by atoms with Crippen molar-refractivity contribution in [3.63, 3.8) is 0 Å². The first-order valence-corrected chi connectivity index (χ1v) is 5.85. The second kappa shape index (κ2) is 5.04. The predicted molar refractivity (Wildman–Crippen MR) is 69.6 cm³/mol. The molecule has 18 heavy (non-hydrogen) atoms. The number of carbonyl (C=O) groups excluding carboxylic acids is 1. The Morgan fingerprint density at radius 3 is 2.72 bits per heavy atom. The van der Waals surface area contributed by atoms with E-state index in [1.54, 1.807) is 18.0 Å². The molecule has 0 aliphatic rings. The van der Waals surface area contributed by atoms with Crippen LogP contribution in [0.3, 0.4) is 0 Å². The van der Waals surface area contributed by atoms with E-state index in [0.717, 1.165) is 23.4 Å². The number of aromatic nitrogens is 2. The largest absolute Gasteiger partial charge is 0.497 e. The summed E-state index contributed by atoms with van der Waals surface area (Å²) in [4.78, 5) is 11.0. The van der Waals surface area contributed by atoms with Crippen molar-refractivity contribution < 1.29 is 9.53 Å². The maximum Gasteiger partial charge on any atom is 0.153 e. The maximum absolute atomic E-state index is 11.0. The second-order valence-electron chi connectivity index (χ2n) is 4.39. The lowest BCUT2D eigenvalue weighted by Crippen LogP contribution is -1.97. The molecular formula is C14H16N2O2. The van der Waals surface area contributed by atoms with Gasteiger partial charge in [0.25, 0.3) is 0 Å². The minimum atomic E-state index is 0.219. The number of nitrogens with zero attached hydrogens (tertiary/aromatic N) is 2. The molecule has 2 rings (SSSR count). The standard InChI is InChI=1S/C14H16N2O2/c1-10(2)14-11(9-17)8-16(15-14)12-5-4-6-13(7-12)18-3/h4-10H,1-3H3. The molecule has 1 aromatic heterocycles. The number of rotatable bonds is 4. The molecule has 0 aliphatic heterocycles. The summed E-state index contributed by atoms with van der Waals surface area (Å²) >= 11 is 0. The number of carbonyl (C=O) groups is 1. The van der Waals surface area contributed by atoms with Gasteiger partial charge in [0, 0.05) is 12.3 Å². The van der Waals surface area contributed by atoms with Gasteiger partial charge in [-0.15, -0.1) is 0 Å². The second-order valence-corrected chi connectivity index (χ2v) is 4.39. The summed E-state index contributed by atoms with van der Waals surface area (Å²) in [5, 5.41) is 4.46. The summed E-state index contributed by atoms with van der Waals surface area (Å²) < 4.78 is 6.89. The van der Waals surface area contributed by atoms with Crippen molar-refractivity contribution in [2.24, 2.45) is 0 Å². The van der Waals surface area contributed by atoms with E-state index >= 15 is 0 Å². The van der Waals surface area contributed by atoms with Gasteiger partial charge in [-0.05, 0) is 18.1 Å². The molecule has 0 bridgehead atoms. The fourth-order valence-corrected chi connectivity index (χ4v) is 1.83. The van der Waals surface area contributed by atoms with Crippen LogP contribution in [0, 0.1) is 0 Å². The lowest BCUT2D eigenvalue weighted by Gasteiger charge is -2.04. The van der Waals surface area contributed by atoms with Crippen LogP contribution >= 0.6 is 0 Å². The van der Waals surface area contributed by atoms with Crippen LogP contribution in [0.25, 0.3) is 5.69 Å². The smallest absolute Gasteiger partial charge is 0.153 e. The predicted octanol–water partition coefficient (Wildman–Crippen LogP) is 2.82. The van der Waals surface area contributed by atoms with Gasteiger partial charge in [0.15, 0.2) is 6.29 Å². The molecule has 4 nitrogen and oxygen atoms in total. The maximum atomic E-state index is 11.0. The van der Waals surface area contributed by atoms with Crippen LogP contribution in [0.2, 0.25) is 0 Å². The molecule has 4 heteroatoms. The van der Waals surface area contributed by atoms with Crippen LogP contribution < -0.4 is 4.74 Å². The molecule has 0 saturated heterocycles. The van der Waals surface area contributed by atoms with Gasteiger partial charge < -0.3 is 4.74 Å². The van der Waals surface area contributed by atoms with E-state index in [0.29, 0.717) is 5.56 Å². The van der Waals surface area contributed by atoms with Crippen molar-refractivity contribution in [2.75, 3.05) is 7.11 Å². The van der Waals surface area contributed by atoms with E-state index < -0.39 is 0 Å². The minimum Gasteiger partial charge on any atom is -0.497 e. The average molecular weight is 244 g/mol. The first-order valence-electron chi connectivity index (χ1n) is 5.85. The minimum absolute atomic E-state index is 0.219. The van der Waals surface area contributed by atoms with Crippen molar-refractivity contribution in [1.82, 2.24) is 9.78 Å². The summed E-state index contributed by atoms with van der Waals surface area (Å²) in [6.07, 6.45) is 2.59. The quantitative estimate of drug-likeness (QED) is 0.777. The summed E-state index contributed by atoms with van der Waals surface area (Å²) in [6, 6.07) is 7.57. The Morgan fingerprint density at radius 1 is 1.39 bits per heavy atom. The zero-order chi connectivity index (χ0) is 13.1. The zero-order valence-electron chi connectivity index (χ0n) is 10.8. The summed E-state index contributed by atoms with van der Waals surface area (Å²) in [7, 11) is 1.62. The Labute approximate surface area is 106 Å². The van der Waals surface area contributed by atoms with Gasteiger partial charge in [-0.3, -0.25) is 4.79 Å². The van der Waals surface area contributed by atoms with Crippen LogP contribution in [0.5, 0.6) is 5.75 Å². The van der Waals surface area contributed by atoms with E-state index in [4.69, 9.17) is 4.74 Å². The van der Waals surface area contributed by atoms with E-state index in [9.17, 15) is 4.79 Å². The molecule has 0 N–H and O–H groups in total. The highest BCUT2D eigenvalue weighted by Gasteiger charge is 2.12. The zero-order valence-corrected chi connectivity index (χ0v) is 10.8. The fraction of sp³-hybridized carbons (Fsp3) is 0.286. The summed E-state index contributed by atoms with van der Waals surface area (Å²) in [6.45, 7) is 4.04. The first-order chi connectivity index (χ1) is 8.65. The third-order valence-corrected chi connectivity index (χ3v) is 2.76. The van der Waals surface area contributed by atoms with Crippen LogP contribution in [0.4, 0.5) is 0 Å². The Balaban J connectivity index is 2.47. The van der Waals surface area contributed by atoms with E-state index in [1.807, 2.05) is 38.1 Å². The number of ether oxygens (including phenoxy) is 1. The lowest BCUT2D eigenvalue weighted by atomic mass is 10.1. The third kappa shape index (κ3) is 2.27. The van der Waals surface area contributed by atoms with Crippen LogP contribution in [-0.4, -0.2) is 23.2 Å². The third-order valence-electron chi connectivity index (χ3n) is 2.76. The van der Waals surface area contributed by atoms with E-state index in [2.05, 4.69) is 5.10 Å². The van der Waals surface area contributed by atoms with Crippen molar-refractivity contribution in [3.05, 3.63) is 41.7 Å². The SMILES string of the molecule is COc1cccc(-n2cc(C=O)c(C(C)C)n2)c1. The van der Waals surface area contributed by atoms with Crippen LogP contribution in [-0.2, 0) is 0 Å². The van der Waals surface area contributed by atoms with Crippen LogP contribution in [0.15, 0.2) is 30.5 Å². The van der Waals surface area contributed by atoms with E-state index in [1.165, 1.54) is 0 Å². The molecule has 2 aromatic rings. The Morgan fingerprint density at radius 2 is 2.17 bits per heavy atom. The topological polar surface area (TPSA) is 44.1 Å². The number of methoxy groups -OCH3 is 1. The van der Waals surface area contributed by atoms with Crippen molar-refractivity contribution in [2.45, 2.75) is 19.8 Å². The lowest BCUT2D eigenvalue weighted by molar-refractivity contribution is 0.112. The van der Waals surface area contributed by atoms with Gasteiger partial charge in [-0.1, -0.05) is 19.9 Å². The fourth-order valence-electron chi connectivity index (χ4n) is 1.83.